The average Bonchev–Trinajstić information content (AvgIpc) is 2.93. The lowest BCUT2D eigenvalue weighted by molar-refractivity contribution is 0.355. The van der Waals surface area contributed by atoms with Gasteiger partial charge in [-0.1, -0.05) is 0 Å². The molecule has 0 amide bonds. The summed E-state index contributed by atoms with van der Waals surface area (Å²) in [5.74, 6) is 1.69. The first-order valence-electron chi connectivity index (χ1n) is 7.14. The summed E-state index contributed by atoms with van der Waals surface area (Å²) in [6.45, 7) is 1.82. The van der Waals surface area contributed by atoms with Crippen molar-refractivity contribution in [3.05, 3.63) is 42.2 Å². The first kappa shape index (κ1) is 16.1. The number of imidazole rings is 1. The highest BCUT2D eigenvalue weighted by Gasteiger charge is 2.16. The number of nitrogens with one attached hydrogen (secondary N) is 2. The minimum atomic E-state index is -3.73. The summed E-state index contributed by atoms with van der Waals surface area (Å²) in [6, 6.07) is 9.55. The largest absolute Gasteiger partial charge is 0.493 e. The lowest BCUT2D eigenvalue weighted by atomic mass is 10.3. The van der Waals surface area contributed by atoms with Crippen LogP contribution in [0.1, 0.15) is 5.82 Å². The molecule has 0 fully saturated rings. The van der Waals surface area contributed by atoms with Crippen molar-refractivity contribution >= 4 is 26.7 Å². The number of hydrogen-bond acceptors (Lipinski definition) is 5. The number of anilines is 1. The molecule has 2 N–H and O–H groups in total. The quantitative estimate of drug-likeness (QED) is 0.740. The molecule has 1 heterocycles. The van der Waals surface area contributed by atoms with E-state index in [1.807, 2.05) is 6.92 Å². The molecule has 2 aromatic carbocycles. The molecule has 0 unspecified atom stereocenters. The fourth-order valence-corrected chi connectivity index (χ4v) is 3.47. The Hall–Kier alpha value is -2.74. The standard InChI is InChI=1S/C16H17N3O4S/c1-10-17-13-6-5-12(9-14(13)18-10)24(20,21)19-11-4-7-15(22-2)16(8-11)23-3/h4-9,19H,1-3H3,(H,17,18). The van der Waals surface area contributed by atoms with Gasteiger partial charge in [0, 0.05) is 6.07 Å². The molecule has 0 atom stereocenters. The number of nitrogens with zero attached hydrogens (tertiary/aromatic N) is 1. The highest BCUT2D eigenvalue weighted by Crippen LogP contribution is 2.31. The molecule has 0 radical (unpaired) electrons. The summed E-state index contributed by atoms with van der Waals surface area (Å²) in [6.07, 6.45) is 0. The van der Waals surface area contributed by atoms with Crippen LogP contribution in [0.3, 0.4) is 0 Å². The molecule has 126 valence electrons. The zero-order valence-electron chi connectivity index (χ0n) is 13.5. The summed E-state index contributed by atoms with van der Waals surface area (Å²) in [7, 11) is -0.726. The van der Waals surface area contributed by atoms with E-state index in [0.29, 0.717) is 22.7 Å². The Bertz CT molecular complexity index is 996. The van der Waals surface area contributed by atoms with Gasteiger partial charge in [0.1, 0.15) is 5.82 Å². The Morgan fingerprint density at radius 2 is 1.79 bits per heavy atom. The second-order valence-corrected chi connectivity index (χ2v) is 6.86. The van der Waals surface area contributed by atoms with Crippen molar-refractivity contribution in [2.45, 2.75) is 11.8 Å². The van der Waals surface area contributed by atoms with E-state index >= 15 is 0 Å². The number of aromatic amines is 1. The van der Waals surface area contributed by atoms with Gasteiger partial charge in [0.05, 0.1) is 35.8 Å². The van der Waals surface area contributed by atoms with Gasteiger partial charge in [0.2, 0.25) is 0 Å². The monoisotopic (exact) mass is 347 g/mol. The Balaban J connectivity index is 1.94. The maximum Gasteiger partial charge on any atom is 0.261 e. The smallest absolute Gasteiger partial charge is 0.261 e. The maximum absolute atomic E-state index is 12.6. The van der Waals surface area contributed by atoms with Gasteiger partial charge in [-0.25, -0.2) is 13.4 Å². The molecule has 0 aliphatic carbocycles. The molecule has 0 spiro atoms. The molecule has 0 saturated carbocycles. The molecule has 8 heteroatoms. The predicted molar refractivity (Wildman–Crippen MR) is 91.2 cm³/mol. The van der Waals surface area contributed by atoms with Gasteiger partial charge in [-0.15, -0.1) is 0 Å². The Morgan fingerprint density at radius 1 is 1.04 bits per heavy atom. The SMILES string of the molecule is COc1ccc(NS(=O)(=O)c2ccc3nc(C)[nH]c3c2)cc1OC. The van der Waals surface area contributed by atoms with Crippen molar-refractivity contribution in [1.82, 2.24) is 9.97 Å². The molecule has 0 saturated heterocycles. The molecule has 0 bridgehead atoms. The maximum atomic E-state index is 12.6. The van der Waals surface area contributed by atoms with Gasteiger partial charge in [0.25, 0.3) is 10.0 Å². The highest BCUT2D eigenvalue weighted by molar-refractivity contribution is 7.92. The lowest BCUT2D eigenvalue weighted by Crippen LogP contribution is -2.13. The fraction of sp³-hybridized carbons (Fsp3) is 0.188. The summed E-state index contributed by atoms with van der Waals surface area (Å²) >= 11 is 0. The van der Waals surface area contributed by atoms with Gasteiger partial charge in [-0.05, 0) is 37.3 Å². The normalized spacial score (nSPS) is 11.5. The highest BCUT2D eigenvalue weighted by atomic mass is 32.2. The third-order valence-electron chi connectivity index (χ3n) is 3.52. The van der Waals surface area contributed by atoms with Gasteiger partial charge in [0.15, 0.2) is 11.5 Å². The van der Waals surface area contributed by atoms with Crippen molar-refractivity contribution in [2.75, 3.05) is 18.9 Å². The minimum Gasteiger partial charge on any atom is -0.493 e. The summed E-state index contributed by atoms with van der Waals surface area (Å²) in [5.41, 5.74) is 1.77. The molecule has 0 aliphatic heterocycles. The van der Waals surface area contributed by atoms with Crippen LogP contribution in [-0.4, -0.2) is 32.6 Å². The molecule has 3 aromatic rings. The topological polar surface area (TPSA) is 93.3 Å². The second kappa shape index (κ2) is 6.04. The molecular formula is C16H17N3O4S. The number of hydrogen-bond donors (Lipinski definition) is 2. The zero-order valence-corrected chi connectivity index (χ0v) is 14.3. The third-order valence-corrected chi connectivity index (χ3v) is 4.90. The zero-order chi connectivity index (χ0) is 17.3. The van der Waals surface area contributed by atoms with E-state index in [-0.39, 0.29) is 4.90 Å². The first-order valence-corrected chi connectivity index (χ1v) is 8.62. The van der Waals surface area contributed by atoms with Gasteiger partial charge >= 0.3 is 0 Å². The van der Waals surface area contributed by atoms with Crippen LogP contribution < -0.4 is 14.2 Å². The van der Waals surface area contributed by atoms with Gasteiger partial charge in [-0.2, -0.15) is 0 Å². The summed E-state index contributed by atoms with van der Waals surface area (Å²) in [5, 5.41) is 0. The van der Waals surface area contributed by atoms with E-state index in [1.54, 1.807) is 30.3 Å². The van der Waals surface area contributed by atoms with E-state index in [0.717, 1.165) is 11.3 Å². The van der Waals surface area contributed by atoms with Gasteiger partial charge < -0.3 is 14.5 Å². The Labute approximate surface area is 139 Å². The van der Waals surface area contributed by atoms with Crippen LogP contribution in [0, 0.1) is 6.92 Å². The fourth-order valence-electron chi connectivity index (χ4n) is 2.40. The van der Waals surface area contributed by atoms with Crippen molar-refractivity contribution in [3.63, 3.8) is 0 Å². The number of methoxy groups -OCH3 is 2. The van der Waals surface area contributed by atoms with E-state index in [9.17, 15) is 8.42 Å². The summed E-state index contributed by atoms with van der Waals surface area (Å²) in [4.78, 5) is 7.44. The van der Waals surface area contributed by atoms with Crippen LogP contribution in [0.15, 0.2) is 41.3 Å². The molecule has 3 rings (SSSR count). The van der Waals surface area contributed by atoms with E-state index < -0.39 is 10.0 Å². The third kappa shape index (κ3) is 3.00. The Morgan fingerprint density at radius 3 is 2.50 bits per heavy atom. The number of benzene rings is 2. The molecule has 7 nitrogen and oxygen atoms in total. The second-order valence-electron chi connectivity index (χ2n) is 5.18. The van der Waals surface area contributed by atoms with Crippen LogP contribution in [0.25, 0.3) is 11.0 Å². The first-order chi connectivity index (χ1) is 11.4. The van der Waals surface area contributed by atoms with Crippen LogP contribution in [0.5, 0.6) is 11.5 Å². The number of rotatable bonds is 5. The van der Waals surface area contributed by atoms with Crippen LogP contribution >= 0.6 is 0 Å². The van der Waals surface area contributed by atoms with Crippen molar-refractivity contribution in [1.29, 1.82) is 0 Å². The van der Waals surface area contributed by atoms with Crippen LogP contribution in [-0.2, 0) is 10.0 Å². The minimum absolute atomic E-state index is 0.147. The number of ether oxygens (including phenoxy) is 2. The lowest BCUT2D eigenvalue weighted by Gasteiger charge is -2.12. The number of aryl methyl sites for hydroxylation is 1. The molecule has 1 aromatic heterocycles. The number of aromatic nitrogens is 2. The molecular weight excluding hydrogens is 330 g/mol. The summed E-state index contributed by atoms with van der Waals surface area (Å²) < 4.78 is 38.0. The predicted octanol–water partition coefficient (Wildman–Crippen LogP) is 2.69. The van der Waals surface area contributed by atoms with Crippen molar-refractivity contribution in [3.8, 4) is 11.5 Å². The average molecular weight is 347 g/mol. The molecule has 24 heavy (non-hydrogen) atoms. The number of sulfonamides is 1. The van der Waals surface area contributed by atoms with Crippen LogP contribution in [0.4, 0.5) is 5.69 Å². The van der Waals surface area contributed by atoms with E-state index in [1.165, 1.54) is 20.3 Å². The van der Waals surface area contributed by atoms with Crippen LogP contribution in [0.2, 0.25) is 0 Å². The van der Waals surface area contributed by atoms with E-state index in [2.05, 4.69) is 14.7 Å². The van der Waals surface area contributed by atoms with E-state index in [4.69, 9.17) is 9.47 Å². The molecule has 0 aliphatic rings. The van der Waals surface area contributed by atoms with Crippen molar-refractivity contribution < 1.29 is 17.9 Å². The van der Waals surface area contributed by atoms with Gasteiger partial charge in [-0.3, -0.25) is 4.72 Å². The Kier molecular flexibility index (Phi) is 4.06. The number of H-pyrrole nitrogens is 1. The number of fused-ring (bicyclic) bond motifs is 1. The van der Waals surface area contributed by atoms with Crippen molar-refractivity contribution in [2.24, 2.45) is 0 Å².